The Hall–Kier alpha value is -1.20. The van der Waals surface area contributed by atoms with Crippen LogP contribution in [0, 0.1) is 0 Å². The van der Waals surface area contributed by atoms with E-state index in [-0.39, 0.29) is 6.10 Å². The van der Waals surface area contributed by atoms with Gasteiger partial charge in [0.2, 0.25) is 0 Å². The predicted octanol–water partition coefficient (Wildman–Crippen LogP) is 1.66. The molecule has 1 saturated heterocycles. The topological polar surface area (TPSA) is 57.4 Å². The monoisotopic (exact) mass is 252 g/mol. The molecule has 1 aliphatic rings. The van der Waals surface area contributed by atoms with E-state index in [0.717, 1.165) is 25.0 Å². The van der Waals surface area contributed by atoms with Crippen molar-refractivity contribution >= 4 is 17.2 Å². The van der Waals surface area contributed by atoms with E-state index >= 15 is 0 Å². The maximum Gasteiger partial charge on any atom is 0.147 e. The Morgan fingerprint density at radius 2 is 2.47 bits per heavy atom. The van der Waals surface area contributed by atoms with Gasteiger partial charge in [-0.25, -0.2) is 0 Å². The molecular formula is C12H16N2O2S. The van der Waals surface area contributed by atoms with Crippen molar-refractivity contribution in [3.63, 3.8) is 0 Å². The second kappa shape index (κ2) is 5.93. The van der Waals surface area contributed by atoms with E-state index < -0.39 is 0 Å². The molecule has 0 spiro atoms. The number of aromatic nitrogens is 1. The molecule has 1 atom stereocenters. The van der Waals surface area contributed by atoms with Crippen molar-refractivity contribution in [3.8, 4) is 5.75 Å². The number of hydrogen-bond acceptors (Lipinski definition) is 4. The predicted molar refractivity (Wildman–Crippen MR) is 69.2 cm³/mol. The lowest BCUT2D eigenvalue weighted by atomic mass is 10.1. The third kappa shape index (κ3) is 3.38. The summed E-state index contributed by atoms with van der Waals surface area (Å²) in [6.45, 7) is 1.35. The molecule has 0 bridgehead atoms. The zero-order valence-electron chi connectivity index (χ0n) is 9.59. The Bertz CT molecular complexity index is 392. The van der Waals surface area contributed by atoms with Gasteiger partial charge in [0.15, 0.2) is 0 Å². The number of hydrogen-bond donors (Lipinski definition) is 1. The zero-order chi connectivity index (χ0) is 12.1. The molecule has 1 fully saturated rings. The van der Waals surface area contributed by atoms with E-state index in [1.165, 1.54) is 6.42 Å². The van der Waals surface area contributed by atoms with E-state index in [9.17, 15) is 0 Å². The Balaban J connectivity index is 1.96. The molecule has 0 aromatic carbocycles. The van der Waals surface area contributed by atoms with Crippen LogP contribution in [0.4, 0.5) is 0 Å². The van der Waals surface area contributed by atoms with Crippen molar-refractivity contribution in [3.05, 3.63) is 24.0 Å². The average molecular weight is 252 g/mol. The number of pyridine rings is 1. The number of thiocarbonyl (C=S) groups is 1. The summed E-state index contributed by atoms with van der Waals surface area (Å²) in [5.41, 5.74) is 6.34. The largest absolute Gasteiger partial charge is 0.489 e. The Morgan fingerprint density at radius 3 is 3.18 bits per heavy atom. The molecule has 1 aromatic heterocycles. The van der Waals surface area contributed by atoms with Crippen molar-refractivity contribution in [1.82, 2.24) is 4.98 Å². The summed E-state index contributed by atoms with van der Waals surface area (Å²) in [4.78, 5) is 4.34. The van der Waals surface area contributed by atoms with Crippen LogP contribution < -0.4 is 10.5 Å². The highest BCUT2D eigenvalue weighted by molar-refractivity contribution is 7.80. The minimum atomic E-state index is 0.170. The first-order valence-corrected chi connectivity index (χ1v) is 6.16. The van der Waals surface area contributed by atoms with Crippen LogP contribution >= 0.6 is 12.2 Å². The van der Waals surface area contributed by atoms with Crippen molar-refractivity contribution in [1.29, 1.82) is 0 Å². The Kier molecular flexibility index (Phi) is 4.28. The van der Waals surface area contributed by atoms with Crippen LogP contribution in [-0.2, 0) is 4.74 Å². The number of nitrogens with zero attached hydrogens (tertiary/aromatic N) is 1. The number of rotatable bonds is 4. The van der Waals surface area contributed by atoms with Gasteiger partial charge in [-0.2, -0.15) is 0 Å². The van der Waals surface area contributed by atoms with Gasteiger partial charge >= 0.3 is 0 Å². The molecule has 0 aliphatic carbocycles. The molecule has 17 heavy (non-hydrogen) atoms. The number of ether oxygens (including phenoxy) is 2. The van der Waals surface area contributed by atoms with Gasteiger partial charge in [-0.15, -0.1) is 0 Å². The van der Waals surface area contributed by atoms with E-state index in [1.807, 2.05) is 0 Å². The van der Waals surface area contributed by atoms with Crippen LogP contribution in [0.3, 0.4) is 0 Å². The van der Waals surface area contributed by atoms with Gasteiger partial charge in [-0.05, 0) is 25.3 Å². The highest BCUT2D eigenvalue weighted by Gasteiger charge is 2.15. The third-order valence-corrected chi connectivity index (χ3v) is 2.97. The molecule has 1 unspecified atom stereocenters. The molecule has 2 N–H and O–H groups in total. The Labute approximate surface area is 106 Å². The third-order valence-electron chi connectivity index (χ3n) is 2.75. The molecule has 0 amide bonds. The van der Waals surface area contributed by atoms with Crippen LogP contribution in [0.15, 0.2) is 18.5 Å². The summed E-state index contributed by atoms with van der Waals surface area (Å²) in [7, 11) is 0. The average Bonchev–Trinajstić information content (AvgIpc) is 2.38. The van der Waals surface area contributed by atoms with E-state index in [0.29, 0.717) is 17.3 Å². The first-order valence-electron chi connectivity index (χ1n) is 5.75. The summed E-state index contributed by atoms with van der Waals surface area (Å²) in [6, 6.07) is 1.76. The molecule has 1 aromatic rings. The highest BCUT2D eigenvalue weighted by Crippen LogP contribution is 2.19. The van der Waals surface area contributed by atoms with Gasteiger partial charge in [0.05, 0.1) is 17.9 Å². The van der Waals surface area contributed by atoms with Gasteiger partial charge in [0.25, 0.3) is 0 Å². The number of nitrogens with two attached hydrogens (primary N) is 1. The van der Waals surface area contributed by atoms with Crippen molar-refractivity contribution in [2.45, 2.75) is 25.4 Å². The van der Waals surface area contributed by atoms with E-state index in [2.05, 4.69) is 4.98 Å². The quantitative estimate of drug-likeness (QED) is 0.826. The normalized spacial score (nSPS) is 19.9. The Morgan fingerprint density at radius 1 is 1.59 bits per heavy atom. The van der Waals surface area contributed by atoms with Crippen LogP contribution in [0.5, 0.6) is 5.75 Å². The van der Waals surface area contributed by atoms with Gasteiger partial charge in [0, 0.05) is 12.8 Å². The summed E-state index contributed by atoms with van der Waals surface area (Å²) < 4.78 is 11.3. The lowest BCUT2D eigenvalue weighted by molar-refractivity contribution is -0.0111. The van der Waals surface area contributed by atoms with Gasteiger partial charge in [-0.3, -0.25) is 4.98 Å². The maximum atomic E-state index is 5.68. The molecule has 1 aliphatic heterocycles. The fraction of sp³-hybridized carbons (Fsp3) is 0.500. The van der Waals surface area contributed by atoms with Gasteiger partial charge in [0.1, 0.15) is 17.3 Å². The first kappa shape index (κ1) is 12.3. The van der Waals surface area contributed by atoms with Crippen molar-refractivity contribution in [2.75, 3.05) is 13.2 Å². The molecule has 2 rings (SSSR count). The summed E-state index contributed by atoms with van der Waals surface area (Å²) >= 11 is 4.96. The minimum Gasteiger partial charge on any atom is -0.489 e. The van der Waals surface area contributed by atoms with E-state index in [4.69, 9.17) is 27.4 Å². The minimum absolute atomic E-state index is 0.170. The summed E-state index contributed by atoms with van der Waals surface area (Å²) in [6.07, 6.45) is 6.84. The smallest absolute Gasteiger partial charge is 0.147 e. The highest BCUT2D eigenvalue weighted by atomic mass is 32.1. The molecule has 0 radical (unpaired) electrons. The lowest BCUT2D eigenvalue weighted by Crippen LogP contribution is -2.26. The molecule has 0 saturated carbocycles. The molecule has 5 heteroatoms. The second-order valence-corrected chi connectivity index (χ2v) is 4.48. The lowest BCUT2D eigenvalue weighted by Gasteiger charge is -2.23. The van der Waals surface area contributed by atoms with Crippen molar-refractivity contribution < 1.29 is 9.47 Å². The zero-order valence-corrected chi connectivity index (χ0v) is 10.4. The molecular weight excluding hydrogens is 236 g/mol. The fourth-order valence-electron chi connectivity index (χ4n) is 1.82. The standard InChI is InChI=1S/C12H16N2O2S/c13-12(17)10-4-5-14-7-11(10)16-8-9-3-1-2-6-15-9/h4-5,7,9H,1-3,6,8H2,(H2,13,17). The van der Waals surface area contributed by atoms with Crippen molar-refractivity contribution in [2.24, 2.45) is 5.73 Å². The molecule has 4 nitrogen and oxygen atoms in total. The van der Waals surface area contributed by atoms with Crippen LogP contribution in [0.2, 0.25) is 0 Å². The summed E-state index contributed by atoms with van der Waals surface area (Å²) in [5, 5.41) is 0. The summed E-state index contributed by atoms with van der Waals surface area (Å²) in [5.74, 6) is 0.633. The van der Waals surface area contributed by atoms with Gasteiger partial charge in [-0.1, -0.05) is 12.2 Å². The van der Waals surface area contributed by atoms with Crippen LogP contribution in [0.1, 0.15) is 24.8 Å². The second-order valence-electron chi connectivity index (χ2n) is 4.04. The maximum absolute atomic E-state index is 5.68. The van der Waals surface area contributed by atoms with Gasteiger partial charge < -0.3 is 15.2 Å². The first-order chi connectivity index (χ1) is 8.27. The molecule has 92 valence electrons. The fourth-order valence-corrected chi connectivity index (χ4v) is 1.99. The van der Waals surface area contributed by atoms with Crippen LogP contribution in [-0.4, -0.2) is 29.3 Å². The van der Waals surface area contributed by atoms with E-state index in [1.54, 1.807) is 18.5 Å². The molecule has 2 heterocycles. The SMILES string of the molecule is NC(=S)c1ccncc1OCC1CCCCO1. The van der Waals surface area contributed by atoms with Crippen LogP contribution in [0.25, 0.3) is 0 Å².